The first-order valence-corrected chi connectivity index (χ1v) is 7.00. The van der Waals surface area contributed by atoms with Crippen LogP contribution in [0.1, 0.15) is 18.9 Å². The standard InChI is InChI=1S/C14H15NO4S/c1-3-6-15-13(17)12(20-14(15)18)8-9-4-5-11(19-2)10(16)7-9/h4-5,7-8,16H,3,6H2,1-2H3/b12-8+. The number of ether oxygens (including phenoxy) is 1. The van der Waals surface area contributed by atoms with Crippen LogP contribution in [-0.4, -0.2) is 34.8 Å². The summed E-state index contributed by atoms with van der Waals surface area (Å²) in [5, 5.41) is 9.45. The minimum atomic E-state index is -0.280. The molecule has 1 aromatic carbocycles. The number of methoxy groups -OCH3 is 1. The Morgan fingerprint density at radius 2 is 2.15 bits per heavy atom. The van der Waals surface area contributed by atoms with Gasteiger partial charge in [-0.3, -0.25) is 14.5 Å². The number of carbonyl (C=O) groups excluding carboxylic acids is 2. The summed E-state index contributed by atoms with van der Waals surface area (Å²) in [6, 6.07) is 4.82. The van der Waals surface area contributed by atoms with Crippen molar-refractivity contribution in [2.45, 2.75) is 13.3 Å². The SMILES string of the molecule is CCCN1C(=O)S/C(=C/c2ccc(OC)c(O)c2)C1=O. The molecule has 0 spiro atoms. The van der Waals surface area contributed by atoms with Crippen LogP contribution in [0.5, 0.6) is 11.5 Å². The Hall–Kier alpha value is -1.95. The zero-order chi connectivity index (χ0) is 14.7. The Labute approximate surface area is 121 Å². The lowest BCUT2D eigenvalue weighted by Gasteiger charge is -2.09. The minimum Gasteiger partial charge on any atom is -0.504 e. The van der Waals surface area contributed by atoms with E-state index in [-0.39, 0.29) is 16.9 Å². The number of rotatable bonds is 4. The van der Waals surface area contributed by atoms with Gasteiger partial charge in [0.1, 0.15) is 0 Å². The first-order chi connectivity index (χ1) is 9.56. The molecule has 2 amide bonds. The first-order valence-electron chi connectivity index (χ1n) is 6.19. The van der Waals surface area contributed by atoms with Crippen LogP contribution in [0.25, 0.3) is 6.08 Å². The third-order valence-corrected chi connectivity index (χ3v) is 3.73. The molecule has 0 saturated carbocycles. The van der Waals surface area contributed by atoms with Crippen LogP contribution in [0.15, 0.2) is 23.1 Å². The lowest BCUT2D eigenvalue weighted by atomic mass is 10.2. The average molecular weight is 293 g/mol. The summed E-state index contributed by atoms with van der Waals surface area (Å²) in [5.74, 6) is 0.0763. The molecule has 1 fully saturated rings. The quantitative estimate of drug-likeness (QED) is 0.865. The van der Waals surface area contributed by atoms with Crippen LogP contribution in [0.4, 0.5) is 4.79 Å². The fourth-order valence-electron chi connectivity index (χ4n) is 1.86. The number of phenols is 1. The summed E-state index contributed by atoms with van der Waals surface area (Å²) in [7, 11) is 1.46. The van der Waals surface area contributed by atoms with E-state index in [1.54, 1.807) is 18.2 Å². The molecule has 0 aromatic heterocycles. The molecular formula is C14H15NO4S. The van der Waals surface area contributed by atoms with E-state index in [0.29, 0.717) is 22.8 Å². The molecule has 1 aromatic rings. The van der Waals surface area contributed by atoms with Crippen LogP contribution in [0.2, 0.25) is 0 Å². The molecule has 0 atom stereocenters. The highest BCUT2D eigenvalue weighted by Crippen LogP contribution is 2.34. The lowest BCUT2D eigenvalue weighted by Crippen LogP contribution is -2.28. The van der Waals surface area contributed by atoms with Crippen LogP contribution in [0, 0.1) is 0 Å². The topological polar surface area (TPSA) is 66.8 Å². The number of aromatic hydroxyl groups is 1. The predicted molar refractivity (Wildman–Crippen MR) is 77.6 cm³/mol. The summed E-state index contributed by atoms with van der Waals surface area (Å²) in [6.07, 6.45) is 2.33. The second kappa shape index (κ2) is 6.00. The van der Waals surface area contributed by atoms with E-state index in [1.165, 1.54) is 18.1 Å². The normalized spacial score (nSPS) is 17.1. The molecule has 1 aliphatic rings. The number of hydrogen-bond acceptors (Lipinski definition) is 5. The van der Waals surface area contributed by atoms with Gasteiger partial charge in [-0.2, -0.15) is 0 Å². The molecule has 5 nitrogen and oxygen atoms in total. The Kier molecular flexibility index (Phi) is 4.34. The van der Waals surface area contributed by atoms with Crippen molar-refractivity contribution < 1.29 is 19.4 Å². The average Bonchev–Trinajstić information content (AvgIpc) is 2.67. The van der Waals surface area contributed by atoms with E-state index < -0.39 is 0 Å². The highest BCUT2D eigenvalue weighted by Gasteiger charge is 2.34. The molecule has 6 heteroatoms. The number of phenolic OH excluding ortho intramolecular Hbond substituents is 1. The van der Waals surface area contributed by atoms with Gasteiger partial charge in [-0.25, -0.2) is 0 Å². The second-order valence-electron chi connectivity index (χ2n) is 4.26. The van der Waals surface area contributed by atoms with Gasteiger partial charge in [0.2, 0.25) is 0 Å². The van der Waals surface area contributed by atoms with Crippen molar-refractivity contribution in [2.75, 3.05) is 13.7 Å². The summed E-state index contributed by atoms with van der Waals surface area (Å²) >= 11 is 0.918. The molecule has 1 saturated heterocycles. The van der Waals surface area contributed by atoms with Gasteiger partial charge < -0.3 is 9.84 Å². The molecule has 0 aliphatic carbocycles. The molecule has 0 radical (unpaired) electrons. The molecular weight excluding hydrogens is 278 g/mol. The van der Waals surface area contributed by atoms with Gasteiger partial charge in [-0.1, -0.05) is 13.0 Å². The molecule has 2 rings (SSSR count). The van der Waals surface area contributed by atoms with E-state index in [2.05, 4.69) is 0 Å². The van der Waals surface area contributed by atoms with Gasteiger partial charge >= 0.3 is 0 Å². The van der Waals surface area contributed by atoms with E-state index in [0.717, 1.165) is 18.2 Å². The van der Waals surface area contributed by atoms with Crippen molar-refractivity contribution in [1.82, 2.24) is 4.90 Å². The van der Waals surface area contributed by atoms with Crippen molar-refractivity contribution in [2.24, 2.45) is 0 Å². The van der Waals surface area contributed by atoms with Gasteiger partial charge in [0.05, 0.1) is 12.0 Å². The number of hydrogen-bond donors (Lipinski definition) is 1. The fraction of sp³-hybridized carbons (Fsp3) is 0.286. The summed E-state index contributed by atoms with van der Waals surface area (Å²) in [5.41, 5.74) is 0.644. The smallest absolute Gasteiger partial charge is 0.293 e. The van der Waals surface area contributed by atoms with Crippen LogP contribution >= 0.6 is 11.8 Å². The first kappa shape index (κ1) is 14.5. The van der Waals surface area contributed by atoms with Gasteiger partial charge in [-0.05, 0) is 42.0 Å². The van der Waals surface area contributed by atoms with Crippen molar-refractivity contribution in [3.63, 3.8) is 0 Å². The summed E-state index contributed by atoms with van der Waals surface area (Å²) in [6.45, 7) is 2.34. The Balaban J connectivity index is 2.26. The molecule has 0 unspecified atom stereocenters. The minimum absolute atomic E-state index is 0.00552. The highest BCUT2D eigenvalue weighted by atomic mass is 32.2. The van der Waals surface area contributed by atoms with Gasteiger partial charge in [-0.15, -0.1) is 0 Å². The van der Waals surface area contributed by atoms with Crippen LogP contribution in [-0.2, 0) is 4.79 Å². The molecule has 106 valence electrons. The number of benzene rings is 1. The number of thioether (sulfide) groups is 1. The lowest BCUT2D eigenvalue weighted by molar-refractivity contribution is -0.122. The maximum absolute atomic E-state index is 12.0. The largest absolute Gasteiger partial charge is 0.504 e. The van der Waals surface area contributed by atoms with E-state index >= 15 is 0 Å². The van der Waals surface area contributed by atoms with E-state index in [1.807, 2.05) is 6.92 Å². The number of nitrogens with zero attached hydrogens (tertiary/aromatic N) is 1. The van der Waals surface area contributed by atoms with Crippen LogP contribution < -0.4 is 4.74 Å². The molecule has 1 heterocycles. The highest BCUT2D eigenvalue weighted by molar-refractivity contribution is 8.18. The van der Waals surface area contributed by atoms with Crippen molar-refractivity contribution in [1.29, 1.82) is 0 Å². The number of carbonyl (C=O) groups is 2. The Bertz CT molecular complexity index is 583. The molecule has 20 heavy (non-hydrogen) atoms. The van der Waals surface area contributed by atoms with Crippen molar-refractivity contribution >= 4 is 29.0 Å². The summed E-state index contributed by atoms with van der Waals surface area (Å²) in [4.78, 5) is 25.4. The van der Waals surface area contributed by atoms with Gasteiger partial charge in [0.25, 0.3) is 11.1 Å². The molecule has 0 bridgehead atoms. The number of amides is 2. The van der Waals surface area contributed by atoms with E-state index in [9.17, 15) is 14.7 Å². The van der Waals surface area contributed by atoms with Gasteiger partial charge in [0.15, 0.2) is 11.5 Å². The third-order valence-electron chi connectivity index (χ3n) is 2.82. The van der Waals surface area contributed by atoms with Crippen molar-refractivity contribution in [3.05, 3.63) is 28.7 Å². The maximum atomic E-state index is 12.0. The Morgan fingerprint density at radius 1 is 1.40 bits per heavy atom. The monoisotopic (exact) mass is 293 g/mol. The Morgan fingerprint density at radius 3 is 2.75 bits per heavy atom. The predicted octanol–water partition coefficient (Wildman–Crippen LogP) is 2.85. The summed E-state index contributed by atoms with van der Waals surface area (Å²) < 4.78 is 4.95. The van der Waals surface area contributed by atoms with Crippen LogP contribution in [0.3, 0.4) is 0 Å². The number of imide groups is 1. The third kappa shape index (κ3) is 2.80. The van der Waals surface area contributed by atoms with E-state index in [4.69, 9.17) is 4.74 Å². The maximum Gasteiger partial charge on any atom is 0.293 e. The van der Waals surface area contributed by atoms with Crippen molar-refractivity contribution in [3.8, 4) is 11.5 Å². The molecule has 1 N–H and O–H groups in total. The zero-order valence-corrected chi connectivity index (χ0v) is 12.1. The molecule has 1 aliphatic heterocycles. The van der Waals surface area contributed by atoms with Gasteiger partial charge in [0, 0.05) is 6.54 Å². The zero-order valence-electron chi connectivity index (χ0n) is 11.3. The fourth-order valence-corrected chi connectivity index (χ4v) is 2.73. The second-order valence-corrected chi connectivity index (χ2v) is 5.26.